The number of aryl methyl sites for hydroxylation is 2. The van der Waals surface area contributed by atoms with Crippen LogP contribution in [-0.4, -0.2) is 20.0 Å². The standard InChI is InChI=1S/C10H13N5/c1-8-3-4-11-6-10(8)12-5-9-7-15(2)14-13-9/h3-4,6-7,12H,5H2,1-2H3. The van der Waals surface area contributed by atoms with Crippen LogP contribution < -0.4 is 5.32 Å². The lowest BCUT2D eigenvalue weighted by Gasteiger charge is -2.05. The molecule has 0 amide bonds. The summed E-state index contributed by atoms with van der Waals surface area (Å²) in [6.45, 7) is 2.71. The Morgan fingerprint density at radius 2 is 2.33 bits per heavy atom. The lowest BCUT2D eigenvalue weighted by atomic mass is 10.2. The molecule has 5 nitrogen and oxygen atoms in total. The molecule has 0 aromatic carbocycles. The molecule has 0 atom stereocenters. The van der Waals surface area contributed by atoms with Gasteiger partial charge in [0.1, 0.15) is 5.69 Å². The Labute approximate surface area is 88.1 Å². The van der Waals surface area contributed by atoms with Crippen molar-refractivity contribution >= 4 is 5.69 Å². The molecular weight excluding hydrogens is 190 g/mol. The molecule has 0 spiro atoms. The predicted octanol–water partition coefficient (Wildman–Crippen LogP) is 1.13. The van der Waals surface area contributed by atoms with E-state index >= 15 is 0 Å². The lowest BCUT2D eigenvalue weighted by molar-refractivity contribution is 0.713. The zero-order valence-electron chi connectivity index (χ0n) is 8.81. The van der Waals surface area contributed by atoms with Crippen molar-refractivity contribution in [1.29, 1.82) is 0 Å². The Bertz CT molecular complexity index is 449. The normalized spacial score (nSPS) is 10.3. The predicted molar refractivity (Wildman–Crippen MR) is 57.3 cm³/mol. The van der Waals surface area contributed by atoms with E-state index in [0.29, 0.717) is 6.54 Å². The van der Waals surface area contributed by atoms with Crippen molar-refractivity contribution in [1.82, 2.24) is 20.0 Å². The van der Waals surface area contributed by atoms with E-state index in [2.05, 4.69) is 20.6 Å². The number of anilines is 1. The van der Waals surface area contributed by atoms with Gasteiger partial charge >= 0.3 is 0 Å². The van der Waals surface area contributed by atoms with Crippen LogP contribution >= 0.6 is 0 Å². The molecule has 2 aromatic rings. The molecule has 0 radical (unpaired) electrons. The van der Waals surface area contributed by atoms with Gasteiger partial charge in [0.05, 0.1) is 18.4 Å². The molecule has 0 aliphatic heterocycles. The van der Waals surface area contributed by atoms with Gasteiger partial charge in [-0.05, 0) is 18.6 Å². The summed E-state index contributed by atoms with van der Waals surface area (Å²) in [6.07, 6.45) is 5.48. The lowest BCUT2D eigenvalue weighted by Crippen LogP contribution is -2.01. The number of nitrogens with zero attached hydrogens (tertiary/aromatic N) is 4. The van der Waals surface area contributed by atoms with E-state index in [9.17, 15) is 0 Å². The van der Waals surface area contributed by atoms with Crippen molar-refractivity contribution in [3.05, 3.63) is 35.9 Å². The molecule has 2 rings (SSSR count). The summed E-state index contributed by atoms with van der Waals surface area (Å²) in [6, 6.07) is 1.97. The zero-order chi connectivity index (χ0) is 10.7. The second kappa shape index (κ2) is 4.08. The summed E-state index contributed by atoms with van der Waals surface area (Å²) in [5, 5.41) is 11.1. The Balaban J connectivity index is 2.02. The highest BCUT2D eigenvalue weighted by Gasteiger charge is 2.00. The van der Waals surface area contributed by atoms with Crippen LogP contribution in [0.5, 0.6) is 0 Å². The molecule has 0 aliphatic carbocycles. The second-order valence-corrected chi connectivity index (χ2v) is 3.43. The van der Waals surface area contributed by atoms with Gasteiger partial charge in [0.25, 0.3) is 0 Å². The van der Waals surface area contributed by atoms with E-state index in [4.69, 9.17) is 0 Å². The third-order valence-corrected chi connectivity index (χ3v) is 2.15. The molecular formula is C10H13N5. The third-order valence-electron chi connectivity index (χ3n) is 2.15. The molecule has 5 heteroatoms. The highest BCUT2D eigenvalue weighted by molar-refractivity contribution is 5.47. The SMILES string of the molecule is Cc1ccncc1NCc1cn(C)nn1. The summed E-state index contributed by atoms with van der Waals surface area (Å²) in [4.78, 5) is 4.06. The average Bonchev–Trinajstić information content (AvgIpc) is 2.63. The highest BCUT2D eigenvalue weighted by Crippen LogP contribution is 2.11. The first-order chi connectivity index (χ1) is 7.25. The minimum Gasteiger partial charge on any atom is -0.378 e. The van der Waals surface area contributed by atoms with Crippen molar-refractivity contribution in [2.24, 2.45) is 7.05 Å². The molecule has 0 saturated heterocycles. The summed E-state index contributed by atoms with van der Waals surface area (Å²) in [5.41, 5.74) is 3.12. The largest absolute Gasteiger partial charge is 0.378 e. The van der Waals surface area contributed by atoms with Crippen molar-refractivity contribution in [2.75, 3.05) is 5.32 Å². The average molecular weight is 203 g/mol. The van der Waals surface area contributed by atoms with Gasteiger partial charge in [0.15, 0.2) is 0 Å². The molecule has 0 aliphatic rings. The van der Waals surface area contributed by atoms with Crippen LogP contribution in [0.4, 0.5) is 5.69 Å². The Morgan fingerprint density at radius 1 is 1.47 bits per heavy atom. The third kappa shape index (κ3) is 2.31. The number of rotatable bonds is 3. The van der Waals surface area contributed by atoms with Gasteiger partial charge in [0.2, 0.25) is 0 Å². The first-order valence-corrected chi connectivity index (χ1v) is 4.75. The molecule has 2 aromatic heterocycles. The topological polar surface area (TPSA) is 55.6 Å². The van der Waals surface area contributed by atoms with E-state index in [0.717, 1.165) is 11.4 Å². The Hall–Kier alpha value is -1.91. The number of aromatic nitrogens is 4. The monoisotopic (exact) mass is 203 g/mol. The minimum absolute atomic E-state index is 0.667. The van der Waals surface area contributed by atoms with Crippen LogP contribution in [0.1, 0.15) is 11.3 Å². The van der Waals surface area contributed by atoms with Crippen LogP contribution in [0.2, 0.25) is 0 Å². The van der Waals surface area contributed by atoms with Crippen LogP contribution in [0.3, 0.4) is 0 Å². The van der Waals surface area contributed by atoms with Crippen LogP contribution in [0.15, 0.2) is 24.7 Å². The molecule has 1 N–H and O–H groups in total. The quantitative estimate of drug-likeness (QED) is 0.812. The molecule has 2 heterocycles. The van der Waals surface area contributed by atoms with Crippen molar-refractivity contribution in [3.8, 4) is 0 Å². The minimum atomic E-state index is 0.667. The Kier molecular flexibility index (Phi) is 2.62. The molecule has 0 unspecified atom stereocenters. The summed E-state index contributed by atoms with van der Waals surface area (Å²) in [5.74, 6) is 0. The number of nitrogens with one attached hydrogen (secondary N) is 1. The van der Waals surface area contributed by atoms with Gasteiger partial charge in [-0.3, -0.25) is 9.67 Å². The Morgan fingerprint density at radius 3 is 3.00 bits per heavy atom. The maximum atomic E-state index is 4.06. The van der Waals surface area contributed by atoms with E-state index in [1.54, 1.807) is 10.9 Å². The maximum absolute atomic E-state index is 4.06. The second-order valence-electron chi connectivity index (χ2n) is 3.43. The van der Waals surface area contributed by atoms with E-state index < -0.39 is 0 Å². The number of hydrogen-bond donors (Lipinski definition) is 1. The van der Waals surface area contributed by atoms with Gasteiger partial charge in [-0.15, -0.1) is 5.10 Å². The number of pyridine rings is 1. The zero-order valence-corrected chi connectivity index (χ0v) is 8.81. The van der Waals surface area contributed by atoms with Crippen molar-refractivity contribution in [3.63, 3.8) is 0 Å². The van der Waals surface area contributed by atoms with Crippen LogP contribution in [-0.2, 0) is 13.6 Å². The summed E-state index contributed by atoms with van der Waals surface area (Å²) >= 11 is 0. The van der Waals surface area contributed by atoms with Gasteiger partial charge in [-0.2, -0.15) is 0 Å². The summed E-state index contributed by atoms with van der Waals surface area (Å²) in [7, 11) is 1.85. The molecule has 78 valence electrons. The fourth-order valence-electron chi connectivity index (χ4n) is 1.31. The van der Waals surface area contributed by atoms with Crippen molar-refractivity contribution < 1.29 is 0 Å². The van der Waals surface area contributed by atoms with Gasteiger partial charge in [-0.25, -0.2) is 0 Å². The van der Waals surface area contributed by atoms with E-state index in [1.807, 2.05) is 32.4 Å². The molecule has 15 heavy (non-hydrogen) atoms. The maximum Gasteiger partial charge on any atom is 0.102 e. The fraction of sp³-hybridized carbons (Fsp3) is 0.300. The van der Waals surface area contributed by atoms with E-state index in [1.165, 1.54) is 5.56 Å². The first-order valence-electron chi connectivity index (χ1n) is 4.75. The summed E-state index contributed by atoms with van der Waals surface area (Å²) < 4.78 is 1.69. The fourth-order valence-corrected chi connectivity index (χ4v) is 1.31. The van der Waals surface area contributed by atoms with Gasteiger partial charge in [-0.1, -0.05) is 5.21 Å². The van der Waals surface area contributed by atoms with E-state index in [-0.39, 0.29) is 0 Å². The molecule has 0 bridgehead atoms. The molecule has 0 fully saturated rings. The smallest absolute Gasteiger partial charge is 0.102 e. The highest BCUT2D eigenvalue weighted by atomic mass is 15.4. The first kappa shape index (κ1) is 9.64. The van der Waals surface area contributed by atoms with Crippen molar-refractivity contribution in [2.45, 2.75) is 13.5 Å². The van der Waals surface area contributed by atoms with Gasteiger partial charge < -0.3 is 5.32 Å². The van der Waals surface area contributed by atoms with Crippen LogP contribution in [0.25, 0.3) is 0 Å². The van der Waals surface area contributed by atoms with Gasteiger partial charge in [0, 0.05) is 19.4 Å². The number of hydrogen-bond acceptors (Lipinski definition) is 4. The van der Waals surface area contributed by atoms with Crippen LogP contribution in [0, 0.1) is 6.92 Å². The molecule has 0 saturated carbocycles.